The van der Waals surface area contributed by atoms with Crippen LogP contribution >= 0.6 is 11.3 Å². The third-order valence-electron chi connectivity index (χ3n) is 3.40. The van der Waals surface area contributed by atoms with Crippen LogP contribution in [-0.2, 0) is 18.3 Å². The molecule has 0 saturated heterocycles. The molecule has 0 bridgehead atoms. The number of hydrogen-bond acceptors (Lipinski definition) is 2. The smallest absolute Gasteiger partial charge is 0.0120 e. The minimum Gasteiger partial charge on any atom is -0.327 e. The third kappa shape index (κ3) is 4.19. The van der Waals surface area contributed by atoms with Crippen molar-refractivity contribution in [3.8, 4) is 0 Å². The Labute approximate surface area is 120 Å². The van der Waals surface area contributed by atoms with Gasteiger partial charge in [-0.3, -0.25) is 0 Å². The minimum atomic E-state index is 0.204. The maximum Gasteiger partial charge on any atom is 0.0120 e. The van der Waals surface area contributed by atoms with Gasteiger partial charge in [0.25, 0.3) is 0 Å². The van der Waals surface area contributed by atoms with Crippen LogP contribution in [0.1, 0.15) is 37.5 Å². The van der Waals surface area contributed by atoms with Gasteiger partial charge in [-0.25, -0.2) is 0 Å². The molecule has 2 aromatic rings. The van der Waals surface area contributed by atoms with E-state index in [0.717, 1.165) is 12.8 Å². The number of benzene rings is 1. The Hall–Kier alpha value is -1.12. The summed E-state index contributed by atoms with van der Waals surface area (Å²) >= 11 is 1.74. The molecule has 0 aliphatic heterocycles. The molecule has 0 aliphatic rings. The van der Waals surface area contributed by atoms with Crippen molar-refractivity contribution in [1.29, 1.82) is 0 Å². The Morgan fingerprint density at radius 3 is 2.16 bits per heavy atom. The zero-order valence-electron chi connectivity index (χ0n) is 12.0. The quantitative estimate of drug-likeness (QED) is 0.889. The average molecular weight is 273 g/mol. The first-order valence-corrected chi connectivity index (χ1v) is 7.75. The molecule has 19 heavy (non-hydrogen) atoms. The molecule has 0 amide bonds. The summed E-state index contributed by atoms with van der Waals surface area (Å²) < 4.78 is 0. The van der Waals surface area contributed by atoms with Crippen molar-refractivity contribution in [2.45, 2.75) is 45.1 Å². The molecule has 2 N–H and O–H groups in total. The average Bonchev–Trinajstić information content (AvgIpc) is 2.81. The Balaban J connectivity index is 1.96. The van der Waals surface area contributed by atoms with Crippen molar-refractivity contribution >= 4 is 11.3 Å². The Bertz CT molecular complexity index is 491. The molecular weight excluding hydrogens is 250 g/mol. The first kappa shape index (κ1) is 14.3. The molecule has 1 atom stereocenters. The highest BCUT2D eigenvalue weighted by Gasteiger charge is 2.13. The van der Waals surface area contributed by atoms with Gasteiger partial charge >= 0.3 is 0 Å². The predicted octanol–water partition coefficient (Wildman–Crippen LogP) is 4.16. The fraction of sp³-hybridized carbons (Fsp3) is 0.412. The van der Waals surface area contributed by atoms with Gasteiger partial charge in [0, 0.05) is 6.04 Å². The van der Waals surface area contributed by atoms with Crippen LogP contribution in [-0.4, -0.2) is 6.04 Å². The maximum absolute atomic E-state index is 6.23. The van der Waals surface area contributed by atoms with E-state index in [2.05, 4.69) is 61.9 Å². The van der Waals surface area contributed by atoms with E-state index < -0.39 is 0 Å². The molecule has 0 aliphatic carbocycles. The highest BCUT2D eigenvalue weighted by molar-refractivity contribution is 7.07. The molecule has 102 valence electrons. The van der Waals surface area contributed by atoms with Gasteiger partial charge in [0.15, 0.2) is 0 Å². The van der Waals surface area contributed by atoms with E-state index in [4.69, 9.17) is 5.73 Å². The summed E-state index contributed by atoms with van der Waals surface area (Å²) in [5.41, 5.74) is 10.5. The summed E-state index contributed by atoms with van der Waals surface area (Å²) in [6.45, 7) is 6.72. The second-order valence-electron chi connectivity index (χ2n) is 6.25. The van der Waals surface area contributed by atoms with Gasteiger partial charge in [0.2, 0.25) is 0 Å². The number of thiophene rings is 1. The van der Waals surface area contributed by atoms with Crippen LogP contribution < -0.4 is 5.73 Å². The highest BCUT2D eigenvalue weighted by atomic mass is 32.1. The molecule has 0 spiro atoms. The molecular formula is C17H23NS. The zero-order chi connectivity index (χ0) is 13.9. The van der Waals surface area contributed by atoms with E-state index in [9.17, 15) is 0 Å². The Morgan fingerprint density at radius 1 is 1.00 bits per heavy atom. The van der Waals surface area contributed by atoms with E-state index in [-0.39, 0.29) is 11.5 Å². The van der Waals surface area contributed by atoms with Crippen molar-refractivity contribution in [3.63, 3.8) is 0 Å². The van der Waals surface area contributed by atoms with Crippen LogP contribution in [0.25, 0.3) is 0 Å². The first-order chi connectivity index (χ1) is 8.95. The van der Waals surface area contributed by atoms with E-state index >= 15 is 0 Å². The van der Waals surface area contributed by atoms with Crippen LogP contribution in [0.3, 0.4) is 0 Å². The lowest BCUT2D eigenvalue weighted by atomic mass is 9.86. The molecule has 1 unspecified atom stereocenters. The van der Waals surface area contributed by atoms with E-state index in [1.54, 1.807) is 11.3 Å². The van der Waals surface area contributed by atoms with E-state index in [0.29, 0.717) is 0 Å². The largest absolute Gasteiger partial charge is 0.327 e. The molecule has 1 heterocycles. The van der Waals surface area contributed by atoms with Crippen LogP contribution in [0, 0.1) is 0 Å². The van der Waals surface area contributed by atoms with Crippen LogP contribution in [0.15, 0.2) is 41.1 Å². The van der Waals surface area contributed by atoms with Gasteiger partial charge < -0.3 is 5.73 Å². The molecule has 2 rings (SSSR count). The molecule has 1 aromatic carbocycles. The standard InChI is InChI=1S/C17H23NS/c1-17(2,3)15-6-4-13(5-7-15)10-16(18)11-14-8-9-19-12-14/h4-9,12,16H,10-11,18H2,1-3H3. The fourth-order valence-corrected chi connectivity index (χ4v) is 2.91. The summed E-state index contributed by atoms with van der Waals surface area (Å²) in [6.07, 6.45) is 1.91. The molecule has 2 heteroatoms. The number of rotatable bonds is 4. The summed E-state index contributed by atoms with van der Waals surface area (Å²) in [4.78, 5) is 0. The lowest BCUT2D eigenvalue weighted by Gasteiger charge is -2.19. The molecule has 0 fully saturated rings. The minimum absolute atomic E-state index is 0.204. The topological polar surface area (TPSA) is 26.0 Å². The van der Waals surface area contributed by atoms with Crippen molar-refractivity contribution in [1.82, 2.24) is 0 Å². The van der Waals surface area contributed by atoms with Crippen molar-refractivity contribution in [2.75, 3.05) is 0 Å². The molecule has 1 nitrogen and oxygen atoms in total. The second kappa shape index (κ2) is 5.89. The fourth-order valence-electron chi connectivity index (χ4n) is 2.23. The summed E-state index contributed by atoms with van der Waals surface area (Å²) in [6, 6.07) is 11.3. The van der Waals surface area contributed by atoms with Crippen molar-refractivity contribution in [2.24, 2.45) is 5.73 Å². The van der Waals surface area contributed by atoms with Crippen LogP contribution in [0.4, 0.5) is 0 Å². The second-order valence-corrected chi connectivity index (χ2v) is 7.03. The summed E-state index contributed by atoms with van der Waals surface area (Å²) in [7, 11) is 0. The van der Waals surface area contributed by atoms with Gasteiger partial charge in [-0.15, -0.1) is 0 Å². The highest BCUT2D eigenvalue weighted by Crippen LogP contribution is 2.22. The monoisotopic (exact) mass is 273 g/mol. The lowest BCUT2D eigenvalue weighted by molar-refractivity contribution is 0.589. The van der Waals surface area contributed by atoms with Crippen molar-refractivity contribution in [3.05, 3.63) is 57.8 Å². The number of nitrogens with two attached hydrogens (primary N) is 1. The SMILES string of the molecule is CC(C)(C)c1ccc(CC(N)Cc2ccsc2)cc1. The maximum atomic E-state index is 6.23. The van der Waals surface area contributed by atoms with Gasteiger partial charge in [-0.1, -0.05) is 45.0 Å². The van der Waals surface area contributed by atoms with Crippen LogP contribution in [0.2, 0.25) is 0 Å². The van der Waals surface area contributed by atoms with Crippen LogP contribution in [0.5, 0.6) is 0 Å². The third-order valence-corrected chi connectivity index (χ3v) is 4.13. The van der Waals surface area contributed by atoms with Gasteiger partial charge in [0.1, 0.15) is 0 Å². The first-order valence-electron chi connectivity index (χ1n) is 6.81. The Morgan fingerprint density at radius 2 is 1.63 bits per heavy atom. The normalized spacial score (nSPS) is 13.5. The van der Waals surface area contributed by atoms with Gasteiger partial charge in [0.05, 0.1) is 0 Å². The van der Waals surface area contributed by atoms with Gasteiger partial charge in [-0.05, 0) is 51.8 Å². The van der Waals surface area contributed by atoms with E-state index in [1.165, 1.54) is 16.7 Å². The molecule has 0 radical (unpaired) electrons. The zero-order valence-corrected chi connectivity index (χ0v) is 12.8. The summed E-state index contributed by atoms with van der Waals surface area (Å²) in [5.74, 6) is 0. The summed E-state index contributed by atoms with van der Waals surface area (Å²) in [5, 5.41) is 4.29. The number of hydrogen-bond donors (Lipinski definition) is 1. The Kier molecular flexibility index (Phi) is 4.43. The molecule has 1 aromatic heterocycles. The van der Waals surface area contributed by atoms with Gasteiger partial charge in [-0.2, -0.15) is 11.3 Å². The predicted molar refractivity (Wildman–Crippen MR) is 84.8 cm³/mol. The van der Waals surface area contributed by atoms with Crippen molar-refractivity contribution < 1.29 is 0 Å². The lowest BCUT2D eigenvalue weighted by Crippen LogP contribution is -2.25. The molecule has 0 saturated carbocycles. The van der Waals surface area contributed by atoms with E-state index in [1.807, 2.05) is 0 Å².